The van der Waals surface area contributed by atoms with Gasteiger partial charge in [0.15, 0.2) is 0 Å². The molecule has 0 aliphatic carbocycles. The number of anilines is 1. The van der Waals surface area contributed by atoms with Crippen LogP contribution in [0, 0.1) is 13.8 Å². The molecule has 4 amide bonds. The van der Waals surface area contributed by atoms with Gasteiger partial charge in [-0.1, -0.05) is 59.6 Å². The Bertz CT molecular complexity index is 1350. The summed E-state index contributed by atoms with van der Waals surface area (Å²) in [5.41, 5.74) is 4.50. The summed E-state index contributed by atoms with van der Waals surface area (Å²) in [7, 11) is 1.56. The molecule has 1 heterocycles. The van der Waals surface area contributed by atoms with Gasteiger partial charge in [0.1, 0.15) is 11.3 Å². The molecule has 0 bridgehead atoms. The number of benzene rings is 3. The van der Waals surface area contributed by atoms with Crippen LogP contribution in [0.4, 0.5) is 10.5 Å². The molecule has 6 nitrogen and oxygen atoms in total. The van der Waals surface area contributed by atoms with E-state index in [-0.39, 0.29) is 5.57 Å². The van der Waals surface area contributed by atoms with Crippen LogP contribution in [0.5, 0.6) is 5.75 Å². The minimum absolute atomic E-state index is 0.138. The Kier molecular flexibility index (Phi) is 6.52. The average molecular weight is 475 g/mol. The standard InChI is InChI=1S/C27H23ClN2O4/c1-16-8-11-23(17(2)12-16)30-26(32)21(25(31)29-27(30)33)13-18-9-10-20(24(14-18)34-3)15-19-6-4-5-7-22(19)28/h4-14H,15H2,1-3H3,(H,29,31,33)/b21-13+. The second-order valence-corrected chi connectivity index (χ2v) is 8.49. The zero-order chi connectivity index (χ0) is 24.4. The van der Waals surface area contributed by atoms with Crippen LogP contribution in [-0.2, 0) is 16.0 Å². The van der Waals surface area contributed by atoms with Crippen LogP contribution in [0.1, 0.15) is 27.8 Å². The van der Waals surface area contributed by atoms with Crippen molar-refractivity contribution >= 4 is 41.2 Å². The third-order valence-corrected chi connectivity index (χ3v) is 6.02. The second-order valence-electron chi connectivity index (χ2n) is 8.09. The zero-order valence-electron chi connectivity index (χ0n) is 19.0. The van der Waals surface area contributed by atoms with Crippen molar-refractivity contribution in [3.8, 4) is 5.75 Å². The maximum Gasteiger partial charge on any atom is 0.335 e. The Hall–Kier alpha value is -3.90. The highest BCUT2D eigenvalue weighted by molar-refractivity contribution is 6.39. The summed E-state index contributed by atoms with van der Waals surface area (Å²) in [6, 6.07) is 17.6. The van der Waals surface area contributed by atoms with Crippen LogP contribution in [0.25, 0.3) is 6.08 Å². The van der Waals surface area contributed by atoms with Crippen molar-refractivity contribution in [1.29, 1.82) is 0 Å². The predicted octanol–water partition coefficient (Wildman–Crippen LogP) is 5.22. The number of urea groups is 1. The molecule has 1 saturated heterocycles. The number of ether oxygens (including phenoxy) is 1. The molecule has 0 spiro atoms. The number of amides is 4. The predicted molar refractivity (Wildman–Crippen MR) is 132 cm³/mol. The smallest absolute Gasteiger partial charge is 0.335 e. The molecular formula is C27H23ClN2O4. The quantitative estimate of drug-likeness (QED) is 0.406. The van der Waals surface area contributed by atoms with E-state index in [4.69, 9.17) is 16.3 Å². The number of carbonyl (C=O) groups excluding carboxylic acids is 3. The molecule has 0 saturated carbocycles. The molecule has 1 aliphatic heterocycles. The monoisotopic (exact) mass is 474 g/mol. The number of methoxy groups -OCH3 is 1. The van der Waals surface area contributed by atoms with Crippen molar-refractivity contribution in [3.05, 3.63) is 99.1 Å². The van der Waals surface area contributed by atoms with E-state index in [1.54, 1.807) is 25.3 Å². The van der Waals surface area contributed by atoms with Gasteiger partial charge in [-0.3, -0.25) is 14.9 Å². The molecular weight excluding hydrogens is 452 g/mol. The third-order valence-electron chi connectivity index (χ3n) is 5.66. The van der Waals surface area contributed by atoms with Gasteiger partial charge in [0.25, 0.3) is 11.8 Å². The first kappa shape index (κ1) is 23.3. The largest absolute Gasteiger partial charge is 0.496 e. The Morgan fingerprint density at radius 2 is 1.74 bits per heavy atom. The van der Waals surface area contributed by atoms with Crippen LogP contribution >= 0.6 is 11.6 Å². The average Bonchev–Trinajstić information content (AvgIpc) is 2.80. The number of barbiturate groups is 1. The summed E-state index contributed by atoms with van der Waals surface area (Å²) in [6.45, 7) is 3.73. The number of halogens is 1. The number of aryl methyl sites for hydroxylation is 2. The van der Waals surface area contributed by atoms with E-state index in [1.807, 2.05) is 56.3 Å². The lowest BCUT2D eigenvalue weighted by atomic mass is 10.0. The van der Waals surface area contributed by atoms with E-state index in [0.717, 1.165) is 27.2 Å². The van der Waals surface area contributed by atoms with Crippen LogP contribution < -0.4 is 15.0 Å². The first-order valence-electron chi connectivity index (χ1n) is 10.7. The third kappa shape index (κ3) is 4.58. The van der Waals surface area contributed by atoms with E-state index in [1.165, 1.54) is 6.08 Å². The lowest BCUT2D eigenvalue weighted by Gasteiger charge is -2.27. The summed E-state index contributed by atoms with van der Waals surface area (Å²) < 4.78 is 5.55. The van der Waals surface area contributed by atoms with E-state index in [0.29, 0.717) is 28.4 Å². The van der Waals surface area contributed by atoms with Gasteiger partial charge in [-0.2, -0.15) is 0 Å². The lowest BCUT2D eigenvalue weighted by molar-refractivity contribution is -0.122. The number of hydrogen-bond acceptors (Lipinski definition) is 4. The van der Waals surface area contributed by atoms with E-state index < -0.39 is 17.8 Å². The topological polar surface area (TPSA) is 75.7 Å². The molecule has 0 radical (unpaired) electrons. The number of rotatable bonds is 5. The summed E-state index contributed by atoms with van der Waals surface area (Å²) in [5.74, 6) is -0.824. The van der Waals surface area contributed by atoms with Gasteiger partial charge in [0.2, 0.25) is 0 Å². The molecule has 4 rings (SSSR count). The molecule has 7 heteroatoms. The summed E-state index contributed by atoms with van der Waals surface area (Å²) in [5, 5.41) is 2.93. The highest BCUT2D eigenvalue weighted by Gasteiger charge is 2.37. The molecule has 0 aromatic heterocycles. The Balaban J connectivity index is 1.68. The van der Waals surface area contributed by atoms with E-state index in [2.05, 4.69) is 5.32 Å². The van der Waals surface area contributed by atoms with Gasteiger partial charge in [0, 0.05) is 11.4 Å². The summed E-state index contributed by atoms with van der Waals surface area (Å²) >= 11 is 6.29. The van der Waals surface area contributed by atoms with Gasteiger partial charge in [-0.15, -0.1) is 0 Å². The zero-order valence-corrected chi connectivity index (χ0v) is 19.8. The second kappa shape index (κ2) is 9.53. The molecule has 1 N–H and O–H groups in total. The van der Waals surface area contributed by atoms with Crippen LogP contribution in [0.3, 0.4) is 0 Å². The summed E-state index contributed by atoms with van der Waals surface area (Å²) in [6.07, 6.45) is 2.02. The molecule has 1 aliphatic rings. The van der Waals surface area contributed by atoms with Crippen molar-refractivity contribution in [1.82, 2.24) is 5.32 Å². The van der Waals surface area contributed by atoms with E-state index in [9.17, 15) is 14.4 Å². The minimum atomic E-state index is -0.772. The van der Waals surface area contributed by atoms with Gasteiger partial charge < -0.3 is 4.74 Å². The fraction of sp³-hybridized carbons (Fsp3) is 0.148. The van der Waals surface area contributed by atoms with Gasteiger partial charge in [0.05, 0.1) is 12.8 Å². The minimum Gasteiger partial charge on any atom is -0.496 e. The normalized spacial score (nSPS) is 15.0. The maximum absolute atomic E-state index is 13.2. The SMILES string of the molecule is COc1cc(/C=C2\C(=O)NC(=O)N(c3ccc(C)cc3C)C2=O)ccc1Cc1ccccc1Cl. The van der Waals surface area contributed by atoms with Crippen LogP contribution in [0.2, 0.25) is 5.02 Å². The fourth-order valence-corrected chi connectivity index (χ4v) is 4.15. The van der Waals surface area contributed by atoms with Crippen LogP contribution in [-0.4, -0.2) is 25.0 Å². The number of imide groups is 2. The Morgan fingerprint density at radius 1 is 0.971 bits per heavy atom. The van der Waals surface area contributed by atoms with Crippen molar-refractivity contribution in [2.45, 2.75) is 20.3 Å². The molecule has 172 valence electrons. The number of nitrogens with zero attached hydrogens (tertiary/aromatic N) is 1. The number of carbonyl (C=O) groups is 3. The maximum atomic E-state index is 13.2. The van der Waals surface area contributed by atoms with Gasteiger partial charge >= 0.3 is 6.03 Å². The molecule has 3 aromatic carbocycles. The van der Waals surface area contributed by atoms with Crippen molar-refractivity contribution in [2.24, 2.45) is 0 Å². The first-order valence-corrected chi connectivity index (χ1v) is 11.1. The summed E-state index contributed by atoms with van der Waals surface area (Å²) in [4.78, 5) is 39.3. The van der Waals surface area contributed by atoms with E-state index >= 15 is 0 Å². The highest BCUT2D eigenvalue weighted by Crippen LogP contribution is 2.29. The van der Waals surface area contributed by atoms with Crippen LogP contribution in [0.15, 0.2) is 66.2 Å². The molecule has 34 heavy (non-hydrogen) atoms. The first-order chi connectivity index (χ1) is 16.3. The fourth-order valence-electron chi connectivity index (χ4n) is 3.94. The number of nitrogens with one attached hydrogen (secondary N) is 1. The van der Waals surface area contributed by atoms with Crippen molar-refractivity contribution in [3.63, 3.8) is 0 Å². The number of hydrogen-bond donors (Lipinski definition) is 1. The molecule has 0 unspecified atom stereocenters. The van der Waals surface area contributed by atoms with Gasteiger partial charge in [-0.25, -0.2) is 9.69 Å². The van der Waals surface area contributed by atoms with Gasteiger partial charge in [-0.05, 0) is 60.4 Å². The highest BCUT2D eigenvalue weighted by atomic mass is 35.5. The molecule has 3 aromatic rings. The van der Waals surface area contributed by atoms with Crippen molar-refractivity contribution < 1.29 is 19.1 Å². The molecule has 1 fully saturated rings. The Morgan fingerprint density at radius 3 is 2.44 bits per heavy atom. The lowest BCUT2D eigenvalue weighted by Crippen LogP contribution is -2.54. The van der Waals surface area contributed by atoms with Crippen molar-refractivity contribution in [2.75, 3.05) is 12.0 Å². The Labute approximate surface area is 202 Å². The molecule has 0 atom stereocenters.